The van der Waals surface area contributed by atoms with Gasteiger partial charge in [0.05, 0.1) is 23.7 Å². The summed E-state index contributed by atoms with van der Waals surface area (Å²) in [5, 5.41) is 0. The summed E-state index contributed by atoms with van der Waals surface area (Å²) >= 11 is 0. The Bertz CT molecular complexity index is 453. The van der Waals surface area contributed by atoms with Crippen molar-refractivity contribution in [3.8, 4) is 0 Å². The Morgan fingerprint density at radius 2 is 1.76 bits per heavy atom. The van der Waals surface area contributed by atoms with E-state index in [0.717, 1.165) is 0 Å². The molecular weight excluding hydrogens is 228 g/mol. The molecule has 4 aliphatic rings. The van der Waals surface area contributed by atoms with Crippen molar-refractivity contribution in [2.24, 2.45) is 17.3 Å². The second kappa shape index (κ2) is 3.15. The minimum absolute atomic E-state index is 0.116. The predicted octanol–water partition coefficient (Wildman–Crippen LogP) is -0.0540. The van der Waals surface area contributed by atoms with Crippen molar-refractivity contribution < 1.29 is 28.7 Å². The highest BCUT2D eigenvalue weighted by Crippen LogP contribution is 2.52. The summed E-state index contributed by atoms with van der Waals surface area (Å²) < 4.78 is 9.22. The number of ether oxygens (including phenoxy) is 2. The number of rotatable bonds is 0. The van der Waals surface area contributed by atoms with Crippen molar-refractivity contribution in [1.29, 1.82) is 0 Å². The summed E-state index contributed by atoms with van der Waals surface area (Å²) in [5.41, 5.74) is -1.15. The first kappa shape index (κ1) is 10.4. The molecule has 2 bridgehead atoms. The second-order valence-corrected chi connectivity index (χ2v) is 4.87. The van der Waals surface area contributed by atoms with Crippen molar-refractivity contribution in [2.75, 3.05) is 0 Å². The van der Waals surface area contributed by atoms with Crippen LogP contribution in [-0.2, 0) is 28.7 Å². The largest absolute Gasteiger partial charge is 0.393 e. The van der Waals surface area contributed by atoms with E-state index >= 15 is 0 Å². The first-order valence-electron chi connectivity index (χ1n) is 5.53. The van der Waals surface area contributed by atoms with Crippen molar-refractivity contribution in [3.63, 3.8) is 0 Å². The number of esters is 4. The maximum absolute atomic E-state index is 11.8. The van der Waals surface area contributed by atoms with Gasteiger partial charge in [-0.25, -0.2) is 0 Å². The standard InChI is InChI=1S/C11H10O6/c12-7-4-11(10(15)16-7)3-5-1-2-6(11)9(14)17-8(5)13/h5-6H,1-4H2/t5?,6-,11?/m0/s1. The predicted molar refractivity (Wildman–Crippen MR) is 50.1 cm³/mol. The molecular formula is C11H10O6. The van der Waals surface area contributed by atoms with Crippen molar-refractivity contribution in [2.45, 2.75) is 25.7 Å². The molecule has 3 atom stereocenters. The van der Waals surface area contributed by atoms with Crippen molar-refractivity contribution in [1.82, 2.24) is 0 Å². The Balaban J connectivity index is 2.07. The van der Waals surface area contributed by atoms with Gasteiger partial charge in [-0.05, 0) is 19.3 Å². The van der Waals surface area contributed by atoms with E-state index in [9.17, 15) is 19.2 Å². The summed E-state index contributed by atoms with van der Waals surface area (Å²) in [4.78, 5) is 46.3. The zero-order valence-electron chi connectivity index (χ0n) is 8.93. The smallest absolute Gasteiger partial charge is 0.321 e. The first-order valence-corrected chi connectivity index (χ1v) is 5.53. The van der Waals surface area contributed by atoms with Gasteiger partial charge in [0.2, 0.25) is 0 Å². The van der Waals surface area contributed by atoms with Gasteiger partial charge in [0, 0.05) is 0 Å². The summed E-state index contributed by atoms with van der Waals surface area (Å²) in [6, 6.07) is 0. The maximum atomic E-state index is 11.8. The molecule has 0 aromatic heterocycles. The Labute approximate surface area is 96.2 Å². The normalized spacial score (nSPS) is 40.5. The third-order valence-corrected chi connectivity index (χ3v) is 3.97. The van der Waals surface area contributed by atoms with Crippen LogP contribution in [0, 0.1) is 17.3 Å². The molecule has 0 N–H and O–H groups in total. The van der Waals surface area contributed by atoms with Gasteiger partial charge in [0.1, 0.15) is 0 Å². The van der Waals surface area contributed by atoms with Gasteiger partial charge in [-0.15, -0.1) is 0 Å². The molecule has 0 radical (unpaired) electrons. The van der Waals surface area contributed by atoms with E-state index in [1.165, 1.54) is 0 Å². The van der Waals surface area contributed by atoms with Crippen LogP contribution in [0.5, 0.6) is 0 Å². The second-order valence-electron chi connectivity index (χ2n) is 4.87. The Kier molecular flexibility index (Phi) is 1.93. The topological polar surface area (TPSA) is 86.7 Å². The van der Waals surface area contributed by atoms with Crippen LogP contribution >= 0.6 is 0 Å². The van der Waals surface area contributed by atoms with Crippen LogP contribution in [0.15, 0.2) is 0 Å². The quantitative estimate of drug-likeness (QED) is 0.434. The minimum Gasteiger partial charge on any atom is -0.393 e. The molecule has 1 spiro atoms. The van der Waals surface area contributed by atoms with Crippen LogP contribution in [0.3, 0.4) is 0 Å². The monoisotopic (exact) mass is 238 g/mol. The van der Waals surface area contributed by atoms with Gasteiger partial charge >= 0.3 is 23.9 Å². The van der Waals surface area contributed by atoms with Gasteiger partial charge < -0.3 is 9.47 Å². The van der Waals surface area contributed by atoms with Gasteiger partial charge in [0.25, 0.3) is 0 Å². The summed E-state index contributed by atoms with van der Waals surface area (Å²) in [7, 11) is 0. The molecule has 6 heteroatoms. The summed E-state index contributed by atoms with van der Waals surface area (Å²) in [6.07, 6.45) is 0.998. The molecule has 3 aliphatic heterocycles. The molecule has 4 fully saturated rings. The molecule has 1 saturated carbocycles. The van der Waals surface area contributed by atoms with E-state index in [0.29, 0.717) is 12.8 Å². The summed E-state index contributed by atoms with van der Waals surface area (Å²) in [5.74, 6) is -3.77. The van der Waals surface area contributed by atoms with E-state index in [1.807, 2.05) is 0 Å². The number of hydrogen-bond acceptors (Lipinski definition) is 6. The number of carbonyl (C=O) groups is 4. The molecule has 3 saturated heterocycles. The molecule has 3 heterocycles. The number of fused-ring (bicyclic) bond motifs is 3. The molecule has 1 aliphatic carbocycles. The fourth-order valence-corrected chi connectivity index (χ4v) is 3.12. The lowest BCUT2D eigenvalue weighted by atomic mass is 9.63. The molecule has 90 valence electrons. The molecule has 4 rings (SSSR count). The maximum Gasteiger partial charge on any atom is 0.321 e. The SMILES string of the molecule is O=C1CC2(CC3CC[C@H]2C(=O)OC3=O)C(=O)O1. The van der Waals surface area contributed by atoms with Gasteiger partial charge in [0.15, 0.2) is 0 Å². The Morgan fingerprint density at radius 1 is 1.00 bits per heavy atom. The highest BCUT2D eigenvalue weighted by Gasteiger charge is 2.62. The van der Waals surface area contributed by atoms with Crippen LogP contribution in [0.1, 0.15) is 25.7 Å². The average Bonchev–Trinajstić information content (AvgIpc) is 2.40. The molecule has 0 aromatic carbocycles. The first-order chi connectivity index (χ1) is 8.03. The van der Waals surface area contributed by atoms with Crippen LogP contribution in [0.25, 0.3) is 0 Å². The molecule has 17 heavy (non-hydrogen) atoms. The third kappa shape index (κ3) is 1.26. The Hall–Kier alpha value is -1.72. The fourth-order valence-electron chi connectivity index (χ4n) is 3.12. The van der Waals surface area contributed by atoms with E-state index in [-0.39, 0.29) is 12.8 Å². The van der Waals surface area contributed by atoms with Crippen LogP contribution < -0.4 is 0 Å². The van der Waals surface area contributed by atoms with E-state index in [1.54, 1.807) is 0 Å². The third-order valence-electron chi connectivity index (χ3n) is 3.97. The summed E-state index contributed by atoms with van der Waals surface area (Å²) in [6.45, 7) is 0. The molecule has 0 amide bonds. The number of cyclic esters (lactones) is 2. The van der Waals surface area contributed by atoms with E-state index in [2.05, 4.69) is 9.47 Å². The number of hydrogen-bond donors (Lipinski definition) is 0. The number of carbonyl (C=O) groups excluding carboxylic acids is 4. The van der Waals surface area contributed by atoms with Gasteiger partial charge in [-0.2, -0.15) is 0 Å². The van der Waals surface area contributed by atoms with Crippen LogP contribution in [-0.4, -0.2) is 23.9 Å². The minimum atomic E-state index is -1.15. The van der Waals surface area contributed by atoms with Crippen LogP contribution in [0.2, 0.25) is 0 Å². The van der Waals surface area contributed by atoms with E-state index < -0.39 is 41.1 Å². The fraction of sp³-hybridized carbons (Fsp3) is 0.636. The van der Waals surface area contributed by atoms with Crippen LogP contribution in [0.4, 0.5) is 0 Å². The molecule has 6 nitrogen and oxygen atoms in total. The molecule has 0 aromatic rings. The van der Waals surface area contributed by atoms with Gasteiger partial charge in [-0.3, -0.25) is 19.2 Å². The zero-order valence-corrected chi connectivity index (χ0v) is 8.93. The highest BCUT2D eigenvalue weighted by molar-refractivity contribution is 6.03. The molecule has 2 unspecified atom stereocenters. The zero-order chi connectivity index (χ0) is 12.2. The Morgan fingerprint density at radius 3 is 2.41 bits per heavy atom. The van der Waals surface area contributed by atoms with Gasteiger partial charge in [-0.1, -0.05) is 0 Å². The van der Waals surface area contributed by atoms with Crippen molar-refractivity contribution >= 4 is 23.9 Å². The lowest BCUT2D eigenvalue weighted by molar-refractivity contribution is -0.166. The van der Waals surface area contributed by atoms with Crippen molar-refractivity contribution in [3.05, 3.63) is 0 Å². The highest BCUT2D eigenvalue weighted by atomic mass is 16.6. The lowest BCUT2D eigenvalue weighted by Crippen LogP contribution is -2.42. The lowest BCUT2D eigenvalue weighted by Gasteiger charge is -2.34. The van der Waals surface area contributed by atoms with E-state index in [4.69, 9.17) is 0 Å². The average molecular weight is 238 g/mol.